The summed E-state index contributed by atoms with van der Waals surface area (Å²) in [5, 5.41) is 0. The van der Waals surface area contributed by atoms with E-state index >= 15 is 0 Å². The van der Waals surface area contributed by atoms with Crippen LogP contribution in [0, 0.1) is 0 Å². The van der Waals surface area contributed by atoms with Crippen LogP contribution in [-0.4, -0.2) is 37.2 Å². The summed E-state index contributed by atoms with van der Waals surface area (Å²) in [7, 11) is 0. The third-order valence-corrected chi connectivity index (χ3v) is 8.86. The van der Waals surface area contributed by atoms with Gasteiger partial charge in [0, 0.05) is 19.3 Å². The van der Waals surface area contributed by atoms with Crippen molar-refractivity contribution in [3.8, 4) is 0 Å². The van der Waals surface area contributed by atoms with Crippen LogP contribution in [0.1, 0.15) is 149 Å². The van der Waals surface area contributed by atoms with Gasteiger partial charge in [-0.25, -0.2) is 0 Å². The summed E-state index contributed by atoms with van der Waals surface area (Å²) in [4.78, 5) is 37.8. The molecule has 0 aliphatic carbocycles. The number of hydrogen-bond donors (Lipinski definition) is 0. The van der Waals surface area contributed by atoms with E-state index < -0.39 is 12.1 Å². The van der Waals surface area contributed by atoms with Gasteiger partial charge >= 0.3 is 17.9 Å². The first-order chi connectivity index (χ1) is 31.0. The van der Waals surface area contributed by atoms with Crippen molar-refractivity contribution >= 4 is 17.9 Å². The number of rotatable bonds is 39. The van der Waals surface area contributed by atoms with Crippen LogP contribution in [0.2, 0.25) is 0 Å². The molecule has 0 aromatic rings. The molecule has 6 heteroatoms. The van der Waals surface area contributed by atoms with Crippen LogP contribution in [0.5, 0.6) is 0 Å². The summed E-state index contributed by atoms with van der Waals surface area (Å²) in [5.41, 5.74) is 0. The van der Waals surface area contributed by atoms with Gasteiger partial charge in [-0.1, -0.05) is 197 Å². The van der Waals surface area contributed by atoms with Crippen LogP contribution < -0.4 is 0 Å². The minimum absolute atomic E-state index is 0.149. The third-order valence-electron chi connectivity index (χ3n) is 8.86. The first-order valence-corrected chi connectivity index (χ1v) is 23.7. The SMILES string of the molecule is CC\C=C/C=C\C=C/C=C\C=C\C=C/CCCCCC(=O)OCC(COC(=O)CCC/C=C\C/C=C\C/C=C\CC)OC(=O)CCC/C=C\C/C=C\C/C=C\C/C=C\C/C=C\CC. The zero-order valence-corrected chi connectivity index (χ0v) is 39.2. The summed E-state index contributed by atoms with van der Waals surface area (Å²) < 4.78 is 16.6. The molecule has 63 heavy (non-hydrogen) atoms. The fourth-order valence-electron chi connectivity index (χ4n) is 5.41. The Morgan fingerprint density at radius 3 is 1.10 bits per heavy atom. The fraction of sp³-hybridized carbons (Fsp3) is 0.456. The minimum atomic E-state index is -0.855. The molecule has 0 amide bonds. The molecule has 6 nitrogen and oxygen atoms in total. The second-order valence-corrected chi connectivity index (χ2v) is 14.7. The van der Waals surface area contributed by atoms with Gasteiger partial charge in [0.25, 0.3) is 0 Å². The Morgan fingerprint density at radius 1 is 0.333 bits per heavy atom. The highest BCUT2D eigenvalue weighted by Gasteiger charge is 2.19. The van der Waals surface area contributed by atoms with E-state index in [4.69, 9.17) is 14.2 Å². The van der Waals surface area contributed by atoms with Gasteiger partial charge in [-0.05, 0) is 103 Å². The first kappa shape index (κ1) is 57.8. The molecular formula is C57H82O6. The van der Waals surface area contributed by atoms with Gasteiger partial charge in [-0.15, -0.1) is 0 Å². The van der Waals surface area contributed by atoms with Gasteiger partial charge in [0.1, 0.15) is 13.2 Å². The van der Waals surface area contributed by atoms with Gasteiger partial charge in [0.2, 0.25) is 0 Å². The van der Waals surface area contributed by atoms with Crippen LogP contribution in [0.3, 0.4) is 0 Å². The molecule has 1 atom stereocenters. The van der Waals surface area contributed by atoms with E-state index in [9.17, 15) is 14.4 Å². The molecule has 0 fully saturated rings. The van der Waals surface area contributed by atoms with Crippen molar-refractivity contribution in [1.82, 2.24) is 0 Å². The number of carbonyl (C=O) groups is 3. The molecule has 0 aliphatic heterocycles. The highest BCUT2D eigenvalue weighted by atomic mass is 16.6. The highest BCUT2D eigenvalue weighted by Crippen LogP contribution is 2.09. The molecule has 0 bridgehead atoms. The molecular weight excluding hydrogens is 781 g/mol. The molecule has 0 radical (unpaired) electrons. The summed E-state index contributed by atoms with van der Waals surface area (Å²) >= 11 is 0. The van der Waals surface area contributed by atoms with Crippen LogP contribution in [0.25, 0.3) is 0 Å². The lowest BCUT2D eigenvalue weighted by Crippen LogP contribution is -2.30. The van der Waals surface area contributed by atoms with Crippen molar-refractivity contribution < 1.29 is 28.6 Å². The zero-order valence-electron chi connectivity index (χ0n) is 39.2. The number of unbranched alkanes of at least 4 members (excludes halogenated alkanes) is 5. The maximum absolute atomic E-state index is 12.7. The van der Waals surface area contributed by atoms with Crippen LogP contribution >= 0.6 is 0 Å². The Morgan fingerprint density at radius 2 is 0.667 bits per heavy atom. The minimum Gasteiger partial charge on any atom is -0.462 e. The lowest BCUT2D eigenvalue weighted by Gasteiger charge is -2.18. The Labute approximate surface area is 383 Å². The van der Waals surface area contributed by atoms with Crippen LogP contribution in [0.4, 0.5) is 0 Å². The number of ether oxygens (including phenoxy) is 3. The highest BCUT2D eigenvalue weighted by molar-refractivity contribution is 5.71. The van der Waals surface area contributed by atoms with Crippen molar-refractivity contribution in [3.05, 3.63) is 170 Å². The smallest absolute Gasteiger partial charge is 0.306 e. The van der Waals surface area contributed by atoms with E-state index in [0.29, 0.717) is 19.3 Å². The lowest BCUT2D eigenvalue weighted by atomic mass is 10.1. The number of esters is 3. The second kappa shape index (κ2) is 49.4. The largest absolute Gasteiger partial charge is 0.462 e. The quantitative estimate of drug-likeness (QED) is 0.0201. The molecule has 1 unspecified atom stereocenters. The van der Waals surface area contributed by atoms with E-state index in [1.165, 1.54) is 0 Å². The van der Waals surface area contributed by atoms with E-state index in [1.54, 1.807) is 0 Å². The summed E-state index contributed by atoms with van der Waals surface area (Å²) in [6.07, 6.45) is 73.5. The molecule has 0 aromatic heterocycles. The van der Waals surface area contributed by atoms with E-state index in [0.717, 1.165) is 89.9 Å². The van der Waals surface area contributed by atoms with Crippen LogP contribution in [0.15, 0.2) is 170 Å². The van der Waals surface area contributed by atoms with Gasteiger partial charge in [-0.3, -0.25) is 14.4 Å². The maximum Gasteiger partial charge on any atom is 0.306 e. The predicted molar refractivity (Wildman–Crippen MR) is 269 cm³/mol. The average molecular weight is 863 g/mol. The average Bonchev–Trinajstić information content (AvgIpc) is 3.28. The number of carbonyl (C=O) groups excluding carboxylic acids is 3. The molecule has 0 rings (SSSR count). The standard InChI is InChI=1S/C57H82O6/c1-4-7-10-13-16-19-22-24-26-28-30-32-35-38-41-44-47-50-56(59)62-53-54(52-61-55(58)49-46-43-40-37-34-21-18-15-12-9-6-3)63-57(60)51-48-45-42-39-36-33-31-29-27-25-23-20-17-14-11-8-5-2/h7-13,16-22,24-28,30-33,35,37,39-40,42,54H,4-6,14-15,23,29,34,36,38,41,43-53H2,1-3H3/b10-7-,11-8-,12-9-,16-13-,20-17-,21-18-,22-19-,26-24-,27-25-,30-28+,33-31-,35-32-,40-37-,42-39-. The van der Waals surface area contributed by atoms with Crippen molar-refractivity contribution in [1.29, 1.82) is 0 Å². The van der Waals surface area contributed by atoms with Crippen molar-refractivity contribution in [2.45, 2.75) is 155 Å². The van der Waals surface area contributed by atoms with Gasteiger partial charge in [-0.2, -0.15) is 0 Å². The van der Waals surface area contributed by atoms with Crippen molar-refractivity contribution in [2.24, 2.45) is 0 Å². The van der Waals surface area contributed by atoms with E-state index in [-0.39, 0.29) is 44.4 Å². The molecule has 0 saturated heterocycles. The number of hydrogen-bond acceptors (Lipinski definition) is 6. The lowest BCUT2D eigenvalue weighted by molar-refractivity contribution is -0.167. The van der Waals surface area contributed by atoms with Crippen molar-refractivity contribution in [3.63, 3.8) is 0 Å². The van der Waals surface area contributed by atoms with Gasteiger partial charge in [0.05, 0.1) is 0 Å². The van der Waals surface area contributed by atoms with Gasteiger partial charge in [0.15, 0.2) is 6.10 Å². The molecule has 0 N–H and O–H groups in total. The van der Waals surface area contributed by atoms with Crippen molar-refractivity contribution in [2.75, 3.05) is 13.2 Å². The Bertz CT molecular complexity index is 1550. The molecule has 0 aromatic carbocycles. The zero-order chi connectivity index (χ0) is 45.8. The Hall–Kier alpha value is -5.23. The summed E-state index contributed by atoms with van der Waals surface area (Å²) in [6.45, 7) is 6.07. The molecule has 346 valence electrons. The summed E-state index contributed by atoms with van der Waals surface area (Å²) in [5.74, 6) is -1.12. The maximum atomic E-state index is 12.7. The predicted octanol–water partition coefficient (Wildman–Crippen LogP) is 15.6. The second-order valence-electron chi connectivity index (χ2n) is 14.7. The van der Waals surface area contributed by atoms with Crippen LogP contribution in [-0.2, 0) is 28.6 Å². The molecule has 0 heterocycles. The molecule has 0 aliphatic rings. The van der Waals surface area contributed by atoms with Gasteiger partial charge < -0.3 is 14.2 Å². The third kappa shape index (κ3) is 47.7. The van der Waals surface area contributed by atoms with E-state index in [1.807, 2.05) is 60.8 Å². The first-order valence-electron chi connectivity index (χ1n) is 23.7. The Kier molecular flexibility index (Phi) is 45.3. The monoisotopic (exact) mass is 863 g/mol. The fourth-order valence-corrected chi connectivity index (χ4v) is 5.41. The molecule has 0 spiro atoms. The topological polar surface area (TPSA) is 78.9 Å². The normalized spacial score (nSPS) is 13.6. The molecule has 0 saturated carbocycles. The Balaban J connectivity index is 4.67. The summed E-state index contributed by atoms with van der Waals surface area (Å²) in [6, 6.07) is 0. The number of allylic oxidation sites excluding steroid dienone is 28. The van der Waals surface area contributed by atoms with E-state index in [2.05, 4.69) is 130 Å².